The van der Waals surface area contributed by atoms with E-state index in [0.717, 1.165) is 35.3 Å². The van der Waals surface area contributed by atoms with Crippen molar-refractivity contribution in [2.24, 2.45) is 0 Å². The summed E-state index contributed by atoms with van der Waals surface area (Å²) in [5.74, 6) is -0.734. The molecule has 0 radical (unpaired) electrons. The van der Waals surface area contributed by atoms with Gasteiger partial charge in [0.05, 0.1) is 18.7 Å². The van der Waals surface area contributed by atoms with Crippen molar-refractivity contribution in [2.45, 2.75) is 82.9 Å². The molecule has 0 amide bonds. The largest absolute Gasteiger partial charge is 0.488 e. The number of nitrogens with zero attached hydrogens (tertiary/aromatic N) is 4. The number of rotatable bonds is 11. The van der Waals surface area contributed by atoms with Crippen LogP contribution in [0.5, 0.6) is 5.75 Å². The van der Waals surface area contributed by atoms with E-state index in [9.17, 15) is 18.3 Å². The summed E-state index contributed by atoms with van der Waals surface area (Å²) in [6.45, 7) is 7.21. The van der Waals surface area contributed by atoms with E-state index in [1.54, 1.807) is 28.9 Å². The van der Waals surface area contributed by atoms with Gasteiger partial charge < -0.3 is 9.84 Å². The number of benzene rings is 2. The Labute approximate surface area is 224 Å². The Kier molecular flexibility index (Phi) is 8.83. The number of fused-ring (bicyclic) bond motifs is 1. The topological polar surface area (TPSA) is 115 Å². The molecular formula is C28H36N4O5S. The van der Waals surface area contributed by atoms with Gasteiger partial charge in [-0.05, 0) is 67.3 Å². The van der Waals surface area contributed by atoms with E-state index in [0.29, 0.717) is 25.0 Å². The summed E-state index contributed by atoms with van der Waals surface area (Å²) in [6.07, 6.45) is 4.46. The van der Waals surface area contributed by atoms with Gasteiger partial charge in [0.25, 0.3) is 0 Å². The van der Waals surface area contributed by atoms with Crippen LogP contribution >= 0.6 is 0 Å². The number of hydrogen-bond donors (Lipinski definition) is 1. The SMILES string of the molecule is CCCn1cc(CCC(CC(=O)O)c2ccc(C)c(CN3C[C@@H](CC)Oc4ccccc4S3(=O)=O)c2)nn1. The molecule has 38 heavy (non-hydrogen) atoms. The Hall–Kier alpha value is -3.24. The molecule has 204 valence electrons. The lowest BCUT2D eigenvalue weighted by molar-refractivity contribution is -0.137. The van der Waals surface area contributed by atoms with Crippen LogP contribution in [0.15, 0.2) is 53.6 Å². The second-order valence-electron chi connectivity index (χ2n) is 9.88. The molecule has 4 rings (SSSR count). The van der Waals surface area contributed by atoms with Gasteiger partial charge in [-0.15, -0.1) is 5.10 Å². The highest BCUT2D eigenvalue weighted by Crippen LogP contribution is 2.34. The molecule has 0 aliphatic carbocycles. The van der Waals surface area contributed by atoms with Gasteiger partial charge in [0.15, 0.2) is 0 Å². The number of sulfonamides is 1. The standard InChI is InChI=1S/C28H36N4O5S/c1-4-14-31-18-24(29-30-31)13-12-22(16-28(33)34)21-11-10-20(3)23(15-21)17-32-19-25(5-2)37-26-8-6-7-9-27(26)38(32,35)36/h6-11,15,18,22,25H,4-5,12-14,16-17,19H2,1-3H3,(H,33,34)/t22?,25-/m1/s1. The van der Waals surface area contributed by atoms with Crippen LogP contribution in [0.1, 0.15) is 67.8 Å². The molecule has 0 saturated carbocycles. The van der Waals surface area contributed by atoms with Gasteiger partial charge in [0, 0.05) is 19.3 Å². The van der Waals surface area contributed by atoms with Gasteiger partial charge in [0.1, 0.15) is 16.7 Å². The van der Waals surface area contributed by atoms with Crippen LogP contribution in [0.3, 0.4) is 0 Å². The van der Waals surface area contributed by atoms with Crippen LogP contribution in [0.4, 0.5) is 0 Å². The van der Waals surface area contributed by atoms with E-state index in [-0.39, 0.29) is 36.4 Å². The fourth-order valence-electron chi connectivity index (χ4n) is 4.82. The average molecular weight is 541 g/mol. The number of aryl methyl sites for hydroxylation is 3. The molecule has 3 aromatic rings. The Morgan fingerprint density at radius 3 is 2.74 bits per heavy atom. The lowest BCUT2D eigenvalue weighted by Crippen LogP contribution is -2.36. The summed E-state index contributed by atoms with van der Waals surface area (Å²) in [7, 11) is -3.78. The highest BCUT2D eigenvalue weighted by Gasteiger charge is 2.34. The second kappa shape index (κ2) is 12.1. The second-order valence-corrected chi connectivity index (χ2v) is 11.8. The smallest absolute Gasteiger partial charge is 0.303 e. The first-order chi connectivity index (χ1) is 18.2. The Morgan fingerprint density at radius 1 is 1.21 bits per heavy atom. The van der Waals surface area contributed by atoms with Gasteiger partial charge >= 0.3 is 5.97 Å². The molecule has 1 aliphatic rings. The lowest BCUT2D eigenvalue weighted by Gasteiger charge is -2.24. The van der Waals surface area contributed by atoms with Crippen LogP contribution in [0.25, 0.3) is 0 Å². The van der Waals surface area contributed by atoms with E-state index < -0.39 is 16.0 Å². The lowest BCUT2D eigenvalue weighted by atomic mass is 9.88. The summed E-state index contributed by atoms with van der Waals surface area (Å²) >= 11 is 0. The first-order valence-electron chi connectivity index (χ1n) is 13.2. The van der Waals surface area contributed by atoms with Gasteiger partial charge in [-0.3, -0.25) is 9.48 Å². The summed E-state index contributed by atoms with van der Waals surface area (Å²) < 4.78 is 36.6. The van der Waals surface area contributed by atoms with Crippen molar-refractivity contribution >= 4 is 16.0 Å². The molecule has 0 saturated heterocycles. The molecule has 10 heteroatoms. The summed E-state index contributed by atoms with van der Waals surface area (Å²) in [5, 5.41) is 18.0. The van der Waals surface area contributed by atoms with Crippen molar-refractivity contribution in [1.82, 2.24) is 19.3 Å². The van der Waals surface area contributed by atoms with Gasteiger partial charge in [-0.2, -0.15) is 4.31 Å². The molecule has 0 spiro atoms. The molecule has 2 atom stereocenters. The first-order valence-corrected chi connectivity index (χ1v) is 14.6. The van der Waals surface area contributed by atoms with Crippen molar-refractivity contribution in [3.63, 3.8) is 0 Å². The van der Waals surface area contributed by atoms with Crippen LogP contribution in [0.2, 0.25) is 0 Å². The Balaban J connectivity index is 1.60. The zero-order valence-corrected chi connectivity index (χ0v) is 23.0. The maximum Gasteiger partial charge on any atom is 0.303 e. The highest BCUT2D eigenvalue weighted by molar-refractivity contribution is 7.89. The highest BCUT2D eigenvalue weighted by atomic mass is 32.2. The number of carbonyl (C=O) groups is 1. The van der Waals surface area contributed by atoms with Crippen molar-refractivity contribution in [3.8, 4) is 5.75 Å². The van der Waals surface area contributed by atoms with Crippen molar-refractivity contribution in [1.29, 1.82) is 0 Å². The average Bonchev–Trinajstić information content (AvgIpc) is 3.30. The molecule has 0 bridgehead atoms. The monoisotopic (exact) mass is 540 g/mol. The van der Waals surface area contributed by atoms with Crippen molar-refractivity contribution < 1.29 is 23.1 Å². The maximum absolute atomic E-state index is 13.6. The normalized spacial score (nSPS) is 17.8. The molecule has 9 nitrogen and oxygen atoms in total. The number of ether oxygens (including phenoxy) is 1. The summed E-state index contributed by atoms with van der Waals surface area (Å²) in [5.41, 5.74) is 3.52. The Bertz CT molecular complexity index is 1370. The zero-order chi connectivity index (χ0) is 27.3. The van der Waals surface area contributed by atoms with Crippen LogP contribution < -0.4 is 4.74 Å². The van der Waals surface area contributed by atoms with Gasteiger partial charge in [0.2, 0.25) is 10.0 Å². The zero-order valence-electron chi connectivity index (χ0n) is 22.2. The Morgan fingerprint density at radius 2 is 2.00 bits per heavy atom. The predicted octanol–water partition coefficient (Wildman–Crippen LogP) is 4.55. The minimum Gasteiger partial charge on any atom is -0.488 e. The van der Waals surface area contributed by atoms with E-state index in [2.05, 4.69) is 17.2 Å². The number of para-hydroxylation sites is 1. The molecule has 2 aromatic carbocycles. The molecule has 1 N–H and O–H groups in total. The third kappa shape index (κ3) is 6.42. The minimum absolute atomic E-state index is 0.0211. The van der Waals surface area contributed by atoms with Crippen LogP contribution in [-0.2, 0) is 34.3 Å². The van der Waals surface area contributed by atoms with E-state index in [1.165, 1.54) is 4.31 Å². The van der Waals surface area contributed by atoms with Crippen molar-refractivity contribution in [3.05, 3.63) is 71.0 Å². The number of carboxylic acids is 1. The quantitative estimate of drug-likeness (QED) is 0.379. The molecule has 1 aliphatic heterocycles. The first kappa shape index (κ1) is 27.8. The van der Waals surface area contributed by atoms with Crippen LogP contribution in [0, 0.1) is 6.92 Å². The van der Waals surface area contributed by atoms with E-state index >= 15 is 0 Å². The summed E-state index contributed by atoms with van der Waals surface area (Å²) in [4.78, 5) is 11.9. The predicted molar refractivity (Wildman–Crippen MR) is 144 cm³/mol. The van der Waals surface area contributed by atoms with Gasteiger partial charge in [-0.1, -0.05) is 49.4 Å². The van der Waals surface area contributed by atoms with E-state index in [4.69, 9.17) is 4.74 Å². The number of aromatic nitrogens is 3. The third-order valence-corrected chi connectivity index (χ3v) is 8.87. The van der Waals surface area contributed by atoms with Gasteiger partial charge in [-0.25, -0.2) is 8.42 Å². The number of aliphatic carboxylic acids is 1. The molecule has 1 aromatic heterocycles. The van der Waals surface area contributed by atoms with Crippen molar-refractivity contribution in [2.75, 3.05) is 6.54 Å². The van der Waals surface area contributed by atoms with Crippen LogP contribution in [-0.4, -0.2) is 51.4 Å². The maximum atomic E-state index is 13.6. The number of carboxylic acid groups (broad SMARTS) is 1. The molecular weight excluding hydrogens is 504 g/mol. The van der Waals surface area contributed by atoms with E-state index in [1.807, 2.05) is 38.2 Å². The molecule has 1 unspecified atom stereocenters. The molecule has 0 fully saturated rings. The molecule has 2 heterocycles. The third-order valence-electron chi connectivity index (χ3n) is 7.02. The number of hydrogen-bond acceptors (Lipinski definition) is 6. The summed E-state index contributed by atoms with van der Waals surface area (Å²) in [6, 6.07) is 12.6. The fourth-order valence-corrected chi connectivity index (χ4v) is 6.39. The minimum atomic E-state index is -3.78. The fraction of sp³-hybridized carbons (Fsp3) is 0.464.